The van der Waals surface area contributed by atoms with Gasteiger partial charge in [-0.1, -0.05) is 24.3 Å². The zero-order valence-electron chi connectivity index (χ0n) is 15.4. The van der Waals surface area contributed by atoms with Crippen molar-refractivity contribution in [2.45, 2.75) is 25.5 Å². The Labute approximate surface area is 163 Å². The SMILES string of the molecule is N#Cc1cccc2c1OC(CNCc1cncc(-c3ccc(F)cc3)c1)CC2. The number of hydrogen-bond donors (Lipinski definition) is 1. The topological polar surface area (TPSA) is 57.9 Å². The summed E-state index contributed by atoms with van der Waals surface area (Å²) in [5.74, 6) is 0.478. The summed E-state index contributed by atoms with van der Waals surface area (Å²) < 4.78 is 19.2. The number of hydrogen-bond acceptors (Lipinski definition) is 4. The lowest BCUT2D eigenvalue weighted by atomic mass is 9.99. The molecule has 2 heterocycles. The Morgan fingerprint density at radius 2 is 2.00 bits per heavy atom. The smallest absolute Gasteiger partial charge is 0.140 e. The average molecular weight is 373 g/mol. The molecule has 3 aromatic rings. The third kappa shape index (κ3) is 4.03. The highest BCUT2D eigenvalue weighted by atomic mass is 19.1. The highest BCUT2D eigenvalue weighted by Gasteiger charge is 2.21. The van der Waals surface area contributed by atoms with Gasteiger partial charge in [0, 0.05) is 31.0 Å². The number of ether oxygens (including phenoxy) is 1. The summed E-state index contributed by atoms with van der Waals surface area (Å²) in [6.45, 7) is 1.36. The molecule has 1 aliphatic heterocycles. The molecule has 1 aliphatic rings. The van der Waals surface area contributed by atoms with Crippen molar-refractivity contribution in [3.8, 4) is 22.9 Å². The number of nitrogens with one attached hydrogen (secondary N) is 1. The minimum Gasteiger partial charge on any atom is -0.487 e. The minimum absolute atomic E-state index is 0.0373. The maximum Gasteiger partial charge on any atom is 0.140 e. The molecule has 0 fully saturated rings. The lowest BCUT2D eigenvalue weighted by Crippen LogP contribution is -2.34. The number of aryl methyl sites for hydroxylation is 1. The minimum atomic E-state index is -0.247. The molecule has 0 aliphatic carbocycles. The second-order valence-corrected chi connectivity index (χ2v) is 6.90. The largest absolute Gasteiger partial charge is 0.487 e. The van der Waals surface area contributed by atoms with E-state index in [1.54, 1.807) is 24.4 Å². The third-order valence-electron chi connectivity index (χ3n) is 4.91. The first kappa shape index (κ1) is 18.1. The van der Waals surface area contributed by atoms with Crippen molar-refractivity contribution in [3.05, 3.63) is 83.4 Å². The van der Waals surface area contributed by atoms with Gasteiger partial charge in [0.15, 0.2) is 0 Å². The van der Waals surface area contributed by atoms with E-state index in [9.17, 15) is 9.65 Å². The van der Waals surface area contributed by atoms with Crippen LogP contribution in [0.4, 0.5) is 4.39 Å². The van der Waals surface area contributed by atoms with E-state index in [4.69, 9.17) is 4.74 Å². The quantitative estimate of drug-likeness (QED) is 0.727. The molecule has 2 aromatic carbocycles. The summed E-state index contributed by atoms with van der Waals surface area (Å²) in [6, 6.07) is 16.4. The summed E-state index contributed by atoms with van der Waals surface area (Å²) >= 11 is 0. The summed E-state index contributed by atoms with van der Waals surface area (Å²) in [5.41, 5.74) is 4.65. The van der Waals surface area contributed by atoms with Crippen LogP contribution in [0, 0.1) is 17.1 Å². The molecular formula is C23H20FN3O. The van der Waals surface area contributed by atoms with Gasteiger partial charge in [-0.25, -0.2) is 4.39 Å². The molecule has 0 spiro atoms. The molecule has 4 nitrogen and oxygen atoms in total. The number of pyridine rings is 1. The number of rotatable bonds is 5. The molecule has 0 saturated heterocycles. The second kappa shape index (κ2) is 8.20. The van der Waals surface area contributed by atoms with Gasteiger partial charge >= 0.3 is 0 Å². The summed E-state index contributed by atoms with van der Waals surface area (Å²) in [5, 5.41) is 12.7. The van der Waals surface area contributed by atoms with Gasteiger partial charge in [-0.2, -0.15) is 5.26 Å². The Bertz CT molecular complexity index is 1010. The summed E-state index contributed by atoms with van der Waals surface area (Å²) in [7, 11) is 0. The number of fused-ring (bicyclic) bond motifs is 1. The zero-order valence-corrected chi connectivity index (χ0v) is 15.4. The molecule has 0 amide bonds. The van der Waals surface area contributed by atoms with Crippen molar-refractivity contribution < 1.29 is 9.13 Å². The Hall–Kier alpha value is -3.23. The van der Waals surface area contributed by atoms with Crippen LogP contribution >= 0.6 is 0 Å². The Morgan fingerprint density at radius 1 is 1.14 bits per heavy atom. The van der Waals surface area contributed by atoms with E-state index in [1.807, 2.05) is 18.3 Å². The van der Waals surface area contributed by atoms with Crippen molar-refractivity contribution in [1.29, 1.82) is 5.26 Å². The molecular weight excluding hydrogens is 353 g/mol. The zero-order chi connectivity index (χ0) is 19.3. The maximum atomic E-state index is 13.1. The molecule has 4 rings (SSSR count). The average Bonchev–Trinajstić information content (AvgIpc) is 2.74. The van der Waals surface area contributed by atoms with Crippen molar-refractivity contribution in [3.63, 3.8) is 0 Å². The summed E-state index contributed by atoms with van der Waals surface area (Å²) in [6.07, 6.45) is 5.48. The molecule has 1 unspecified atom stereocenters. The monoisotopic (exact) mass is 373 g/mol. The van der Waals surface area contributed by atoms with Crippen LogP contribution in [-0.2, 0) is 13.0 Å². The molecule has 28 heavy (non-hydrogen) atoms. The molecule has 1 N–H and O–H groups in total. The second-order valence-electron chi connectivity index (χ2n) is 6.90. The first-order chi connectivity index (χ1) is 13.7. The number of nitrogens with zero attached hydrogens (tertiary/aromatic N) is 2. The van der Waals surface area contributed by atoms with E-state index in [0.29, 0.717) is 18.7 Å². The van der Waals surface area contributed by atoms with E-state index in [1.165, 1.54) is 12.1 Å². The molecule has 5 heteroatoms. The lowest BCUT2D eigenvalue weighted by molar-refractivity contribution is 0.169. The van der Waals surface area contributed by atoms with Gasteiger partial charge in [-0.3, -0.25) is 4.98 Å². The number of benzene rings is 2. The van der Waals surface area contributed by atoms with Crippen molar-refractivity contribution in [2.24, 2.45) is 0 Å². The predicted molar refractivity (Wildman–Crippen MR) is 105 cm³/mol. The van der Waals surface area contributed by atoms with E-state index in [2.05, 4.69) is 22.4 Å². The number of aromatic nitrogens is 1. The molecule has 0 saturated carbocycles. The third-order valence-corrected chi connectivity index (χ3v) is 4.91. The molecule has 0 radical (unpaired) electrons. The fraction of sp³-hybridized carbons (Fsp3) is 0.217. The fourth-order valence-corrected chi connectivity index (χ4v) is 3.46. The molecule has 140 valence electrons. The van der Waals surface area contributed by atoms with E-state index < -0.39 is 0 Å². The Morgan fingerprint density at radius 3 is 2.82 bits per heavy atom. The Balaban J connectivity index is 1.36. The van der Waals surface area contributed by atoms with Crippen LogP contribution in [0.1, 0.15) is 23.1 Å². The van der Waals surface area contributed by atoms with Crippen LogP contribution in [0.2, 0.25) is 0 Å². The van der Waals surface area contributed by atoms with Gasteiger partial charge in [0.25, 0.3) is 0 Å². The van der Waals surface area contributed by atoms with Crippen LogP contribution in [0.3, 0.4) is 0 Å². The van der Waals surface area contributed by atoms with Crippen LogP contribution in [0.15, 0.2) is 60.9 Å². The Kier molecular flexibility index (Phi) is 5.31. The first-order valence-corrected chi connectivity index (χ1v) is 9.32. The van der Waals surface area contributed by atoms with Crippen molar-refractivity contribution in [1.82, 2.24) is 10.3 Å². The lowest BCUT2D eigenvalue weighted by Gasteiger charge is -2.27. The number of halogens is 1. The number of nitriles is 1. The van der Waals surface area contributed by atoms with E-state index >= 15 is 0 Å². The van der Waals surface area contributed by atoms with Gasteiger partial charge in [-0.05, 0) is 53.8 Å². The van der Waals surface area contributed by atoms with E-state index in [0.717, 1.165) is 40.8 Å². The normalized spacial score (nSPS) is 15.4. The fourth-order valence-electron chi connectivity index (χ4n) is 3.46. The van der Waals surface area contributed by atoms with Gasteiger partial charge in [0.05, 0.1) is 5.56 Å². The number of para-hydroxylation sites is 1. The van der Waals surface area contributed by atoms with Gasteiger partial charge in [0.1, 0.15) is 23.7 Å². The van der Waals surface area contributed by atoms with Gasteiger partial charge in [0.2, 0.25) is 0 Å². The van der Waals surface area contributed by atoms with E-state index in [-0.39, 0.29) is 11.9 Å². The van der Waals surface area contributed by atoms with Gasteiger partial charge < -0.3 is 10.1 Å². The summed E-state index contributed by atoms with van der Waals surface area (Å²) in [4.78, 5) is 4.30. The van der Waals surface area contributed by atoms with Crippen LogP contribution in [0.25, 0.3) is 11.1 Å². The maximum absolute atomic E-state index is 13.1. The highest BCUT2D eigenvalue weighted by Crippen LogP contribution is 2.30. The van der Waals surface area contributed by atoms with Crippen molar-refractivity contribution >= 4 is 0 Å². The molecule has 0 bridgehead atoms. The van der Waals surface area contributed by atoms with Crippen LogP contribution in [-0.4, -0.2) is 17.6 Å². The first-order valence-electron chi connectivity index (χ1n) is 9.32. The van der Waals surface area contributed by atoms with Gasteiger partial charge in [-0.15, -0.1) is 0 Å². The standard InChI is InChI=1S/C23H20FN3O/c24-21-7-4-17(5-8-21)20-10-16(12-26-14-20)13-27-15-22-9-6-18-2-1-3-19(11-25)23(18)28-22/h1-5,7-8,10,12,14,22,27H,6,9,13,15H2. The van der Waals surface area contributed by atoms with Crippen molar-refractivity contribution in [2.75, 3.05) is 6.54 Å². The van der Waals surface area contributed by atoms with Crippen LogP contribution < -0.4 is 10.1 Å². The van der Waals surface area contributed by atoms with Crippen LogP contribution in [0.5, 0.6) is 5.75 Å². The predicted octanol–water partition coefficient (Wildman–Crippen LogP) is 4.24. The highest BCUT2D eigenvalue weighted by molar-refractivity contribution is 5.62. The molecule has 1 atom stereocenters. The molecule has 1 aromatic heterocycles.